The number of aryl methyl sites for hydroxylation is 1. The highest BCUT2D eigenvalue weighted by Gasteiger charge is 2.10. The third-order valence-electron chi connectivity index (χ3n) is 2.07. The van der Waals surface area contributed by atoms with Crippen LogP contribution in [0.1, 0.15) is 29.3 Å². The lowest BCUT2D eigenvalue weighted by Crippen LogP contribution is -2.04. The first-order chi connectivity index (χ1) is 6.69. The van der Waals surface area contributed by atoms with E-state index in [1.54, 1.807) is 6.07 Å². The molecule has 1 nitrogen and oxygen atoms in total. The lowest BCUT2D eigenvalue weighted by molar-refractivity contribution is 0.0989. The van der Waals surface area contributed by atoms with E-state index in [0.717, 1.165) is 5.56 Å². The molecule has 0 saturated heterocycles. The molecule has 3 heteroatoms. The van der Waals surface area contributed by atoms with Crippen molar-refractivity contribution >= 4 is 21.7 Å². The summed E-state index contributed by atoms with van der Waals surface area (Å²) in [4.78, 5) is 11.6. The van der Waals surface area contributed by atoms with Crippen molar-refractivity contribution in [2.24, 2.45) is 0 Å². The van der Waals surface area contributed by atoms with Crippen LogP contribution < -0.4 is 0 Å². The van der Waals surface area contributed by atoms with Crippen LogP contribution in [0.4, 0.5) is 4.39 Å². The predicted octanol–water partition coefficient (Wildman–Crippen LogP) is 3.36. The molecule has 1 aromatic rings. The van der Waals surface area contributed by atoms with Gasteiger partial charge in [-0.25, -0.2) is 4.39 Å². The Morgan fingerprint density at radius 3 is 2.79 bits per heavy atom. The Kier molecular flexibility index (Phi) is 4.26. The SMILES string of the molecule is CCc1cc(F)ccc1C(=O)CCBr. The molecule has 0 aliphatic heterocycles. The molecule has 76 valence electrons. The molecule has 1 rings (SSSR count). The van der Waals surface area contributed by atoms with Crippen LogP contribution in [0.25, 0.3) is 0 Å². The van der Waals surface area contributed by atoms with Crippen molar-refractivity contribution in [1.82, 2.24) is 0 Å². The van der Waals surface area contributed by atoms with Gasteiger partial charge in [0.25, 0.3) is 0 Å². The van der Waals surface area contributed by atoms with E-state index in [-0.39, 0.29) is 11.6 Å². The number of rotatable bonds is 4. The summed E-state index contributed by atoms with van der Waals surface area (Å²) in [6.07, 6.45) is 1.14. The van der Waals surface area contributed by atoms with Gasteiger partial charge in [0.2, 0.25) is 0 Å². The molecule has 1 aromatic carbocycles. The quantitative estimate of drug-likeness (QED) is 0.598. The number of halogens is 2. The van der Waals surface area contributed by atoms with Gasteiger partial charge in [0.05, 0.1) is 0 Å². The first kappa shape index (κ1) is 11.4. The van der Waals surface area contributed by atoms with Gasteiger partial charge in [-0.05, 0) is 30.2 Å². The van der Waals surface area contributed by atoms with Gasteiger partial charge in [-0.2, -0.15) is 0 Å². The average molecular weight is 259 g/mol. The summed E-state index contributed by atoms with van der Waals surface area (Å²) < 4.78 is 12.9. The van der Waals surface area contributed by atoms with Crippen LogP contribution in [0.5, 0.6) is 0 Å². The third-order valence-corrected chi connectivity index (χ3v) is 2.47. The summed E-state index contributed by atoms with van der Waals surface area (Å²) in [5, 5.41) is 0.645. The summed E-state index contributed by atoms with van der Waals surface area (Å²) in [5.74, 6) is -0.212. The zero-order valence-corrected chi connectivity index (χ0v) is 9.60. The number of carbonyl (C=O) groups is 1. The third kappa shape index (κ3) is 2.64. The molecule has 0 spiro atoms. The van der Waals surface area contributed by atoms with Crippen molar-refractivity contribution in [2.45, 2.75) is 19.8 Å². The Balaban J connectivity index is 3.01. The number of ketones is 1. The number of Topliss-reactive ketones (excluding diaryl/α,β-unsaturated/α-hetero) is 1. The van der Waals surface area contributed by atoms with Crippen molar-refractivity contribution in [3.05, 3.63) is 35.1 Å². The molecule has 0 radical (unpaired) electrons. The molecular weight excluding hydrogens is 247 g/mol. The second kappa shape index (κ2) is 5.25. The molecule has 14 heavy (non-hydrogen) atoms. The van der Waals surface area contributed by atoms with Crippen LogP contribution in [-0.2, 0) is 6.42 Å². The normalized spacial score (nSPS) is 10.2. The highest BCUT2D eigenvalue weighted by molar-refractivity contribution is 9.09. The highest BCUT2D eigenvalue weighted by Crippen LogP contribution is 2.14. The van der Waals surface area contributed by atoms with Crippen molar-refractivity contribution < 1.29 is 9.18 Å². The van der Waals surface area contributed by atoms with Crippen LogP contribution in [0, 0.1) is 5.82 Å². The van der Waals surface area contributed by atoms with Gasteiger partial charge in [-0.1, -0.05) is 22.9 Å². The second-order valence-corrected chi connectivity index (χ2v) is 3.81. The maximum Gasteiger partial charge on any atom is 0.163 e. The van der Waals surface area contributed by atoms with Crippen molar-refractivity contribution in [2.75, 3.05) is 5.33 Å². The zero-order chi connectivity index (χ0) is 10.6. The number of benzene rings is 1. The van der Waals surface area contributed by atoms with Crippen LogP contribution in [0.3, 0.4) is 0 Å². The number of carbonyl (C=O) groups excluding carboxylic acids is 1. The molecular formula is C11H12BrFO. The second-order valence-electron chi connectivity index (χ2n) is 3.02. The summed E-state index contributed by atoms with van der Waals surface area (Å²) in [6, 6.07) is 4.33. The maximum atomic E-state index is 12.9. The lowest BCUT2D eigenvalue weighted by atomic mass is 10.0. The molecule has 0 aliphatic carbocycles. The van der Waals surface area contributed by atoms with Crippen LogP contribution in [0.15, 0.2) is 18.2 Å². The van der Waals surface area contributed by atoms with Crippen LogP contribution >= 0.6 is 15.9 Å². The largest absolute Gasteiger partial charge is 0.294 e. The minimum Gasteiger partial charge on any atom is -0.294 e. The van der Waals surface area contributed by atoms with E-state index in [0.29, 0.717) is 23.7 Å². The topological polar surface area (TPSA) is 17.1 Å². The van der Waals surface area contributed by atoms with Gasteiger partial charge in [0.15, 0.2) is 5.78 Å². The highest BCUT2D eigenvalue weighted by atomic mass is 79.9. The van der Waals surface area contributed by atoms with Gasteiger partial charge >= 0.3 is 0 Å². The maximum absolute atomic E-state index is 12.9. The molecule has 0 saturated carbocycles. The summed E-state index contributed by atoms with van der Waals surface area (Å²) in [6.45, 7) is 1.92. The van der Waals surface area contributed by atoms with E-state index >= 15 is 0 Å². The fraction of sp³-hybridized carbons (Fsp3) is 0.364. The smallest absolute Gasteiger partial charge is 0.163 e. The Morgan fingerprint density at radius 1 is 1.50 bits per heavy atom. The molecule has 0 aliphatic rings. The Labute approximate surface area is 91.5 Å². The molecule has 0 bridgehead atoms. The molecule has 0 N–H and O–H groups in total. The van der Waals surface area contributed by atoms with E-state index in [4.69, 9.17) is 0 Å². The first-order valence-electron chi connectivity index (χ1n) is 4.56. The van der Waals surface area contributed by atoms with Gasteiger partial charge < -0.3 is 0 Å². The average Bonchev–Trinajstić information content (AvgIpc) is 2.17. The number of alkyl halides is 1. The minimum absolute atomic E-state index is 0.0683. The van der Waals surface area contributed by atoms with E-state index in [1.165, 1.54) is 12.1 Å². The summed E-state index contributed by atoms with van der Waals surface area (Å²) in [5.41, 5.74) is 1.43. The first-order valence-corrected chi connectivity index (χ1v) is 5.68. The van der Waals surface area contributed by atoms with E-state index in [9.17, 15) is 9.18 Å². The van der Waals surface area contributed by atoms with Crippen LogP contribution in [-0.4, -0.2) is 11.1 Å². The van der Waals surface area contributed by atoms with Gasteiger partial charge in [-0.15, -0.1) is 0 Å². The Morgan fingerprint density at radius 2 is 2.21 bits per heavy atom. The molecule has 0 amide bonds. The predicted molar refractivity (Wildman–Crippen MR) is 58.5 cm³/mol. The van der Waals surface area contributed by atoms with Crippen molar-refractivity contribution in [3.63, 3.8) is 0 Å². The molecule has 0 atom stereocenters. The summed E-state index contributed by atoms with van der Waals surface area (Å²) >= 11 is 3.21. The van der Waals surface area contributed by atoms with E-state index in [2.05, 4.69) is 15.9 Å². The fourth-order valence-electron chi connectivity index (χ4n) is 1.35. The van der Waals surface area contributed by atoms with E-state index in [1.807, 2.05) is 6.92 Å². The van der Waals surface area contributed by atoms with Gasteiger partial charge in [0, 0.05) is 17.3 Å². The van der Waals surface area contributed by atoms with Crippen LogP contribution in [0.2, 0.25) is 0 Å². The standard InChI is InChI=1S/C11H12BrFO/c1-2-8-7-9(13)3-4-10(8)11(14)5-6-12/h3-4,7H,2,5-6H2,1H3. The number of hydrogen-bond acceptors (Lipinski definition) is 1. The monoisotopic (exact) mass is 258 g/mol. The minimum atomic E-state index is -0.280. The lowest BCUT2D eigenvalue weighted by Gasteiger charge is -2.05. The van der Waals surface area contributed by atoms with Crippen molar-refractivity contribution in [1.29, 1.82) is 0 Å². The number of hydrogen-bond donors (Lipinski definition) is 0. The van der Waals surface area contributed by atoms with Crippen molar-refractivity contribution in [3.8, 4) is 0 Å². The zero-order valence-electron chi connectivity index (χ0n) is 8.02. The van der Waals surface area contributed by atoms with E-state index < -0.39 is 0 Å². The molecule has 0 aromatic heterocycles. The van der Waals surface area contributed by atoms with Gasteiger partial charge in [-0.3, -0.25) is 4.79 Å². The molecule has 0 heterocycles. The molecule has 0 unspecified atom stereocenters. The fourth-order valence-corrected chi connectivity index (χ4v) is 1.71. The van der Waals surface area contributed by atoms with Gasteiger partial charge in [0.1, 0.15) is 5.82 Å². The Bertz CT molecular complexity index is 336. The summed E-state index contributed by atoms with van der Waals surface area (Å²) in [7, 11) is 0. The molecule has 0 fully saturated rings. The Hall–Kier alpha value is -0.700.